The van der Waals surface area contributed by atoms with Crippen LogP contribution in [0.4, 0.5) is 0 Å². The summed E-state index contributed by atoms with van der Waals surface area (Å²) in [5.41, 5.74) is 5.17. The quantitative estimate of drug-likeness (QED) is 0.463. The van der Waals surface area contributed by atoms with Gasteiger partial charge in [-0.25, -0.2) is 5.43 Å². The molecule has 0 fully saturated rings. The maximum absolute atomic E-state index is 12.2. The molecule has 0 aliphatic carbocycles. The van der Waals surface area contributed by atoms with Crippen molar-refractivity contribution < 1.29 is 14.3 Å². The number of nitrogens with zero attached hydrogens (tertiary/aromatic N) is 2. The van der Waals surface area contributed by atoms with E-state index in [-0.39, 0.29) is 5.91 Å². The van der Waals surface area contributed by atoms with Gasteiger partial charge in [0.05, 0.1) is 25.1 Å². The Balaban J connectivity index is 1.61. The van der Waals surface area contributed by atoms with Crippen LogP contribution in [0.1, 0.15) is 29.9 Å². The molecule has 3 aromatic rings. The monoisotopic (exact) mass is 378 g/mol. The molecule has 0 aliphatic rings. The third-order valence-corrected chi connectivity index (χ3v) is 3.83. The molecule has 0 unspecified atom stereocenters. The lowest BCUT2D eigenvalue weighted by Gasteiger charge is -2.03. The highest BCUT2D eigenvalue weighted by molar-refractivity contribution is 5.94. The van der Waals surface area contributed by atoms with Crippen LogP contribution in [0, 0.1) is 0 Å². The molecule has 1 heterocycles. The molecule has 28 heavy (non-hydrogen) atoms. The van der Waals surface area contributed by atoms with Crippen LogP contribution in [-0.4, -0.2) is 35.5 Å². The van der Waals surface area contributed by atoms with Gasteiger partial charge in [0.1, 0.15) is 17.2 Å². The van der Waals surface area contributed by atoms with Crippen LogP contribution >= 0.6 is 0 Å². The van der Waals surface area contributed by atoms with E-state index in [2.05, 4.69) is 20.7 Å². The minimum Gasteiger partial charge on any atom is -0.494 e. The first kappa shape index (κ1) is 19.2. The fraction of sp³-hybridized carbons (Fsp3) is 0.190. The molecule has 0 bridgehead atoms. The Morgan fingerprint density at radius 3 is 2.57 bits per heavy atom. The number of aromatic amines is 1. The number of hydrogen-bond acceptors (Lipinski definition) is 5. The number of benzene rings is 2. The second-order valence-corrected chi connectivity index (χ2v) is 5.83. The molecule has 2 N–H and O–H groups in total. The number of aromatic nitrogens is 2. The highest BCUT2D eigenvalue weighted by Crippen LogP contribution is 2.22. The lowest BCUT2D eigenvalue weighted by atomic mass is 10.1. The van der Waals surface area contributed by atoms with Crippen LogP contribution in [0.15, 0.2) is 59.7 Å². The van der Waals surface area contributed by atoms with Crippen LogP contribution in [0.3, 0.4) is 0 Å². The fourth-order valence-electron chi connectivity index (χ4n) is 2.54. The minimum absolute atomic E-state index is 0.320. The topological polar surface area (TPSA) is 88.6 Å². The normalized spacial score (nSPS) is 10.8. The van der Waals surface area contributed by atoms with Gasteiger partial charge in [-0.3, -0.25) is 9.89 Å². The summed E-state index contributed by atoms with van der Waals surface area (Å²) in [6.45, 7) is 5.06. The summed E-state index contributed by atoms with van der Waals surface area (Å²) in [4.78, 5) is 12.2. The molecule has 144 valence electrons. The van der Waals surface area contributed by atoms with Crippen LogP contribution < -0.4 is 14.9 Å². The Morgan fingerprint density at radius 2 is 1.82 bits per heavy atom. The first-order valence-electron chi connectivity index (χ1n) is 9.04. The lowest BCUT2D eigenvalue weighted by Crippen LogP contribution is -2.17. The van der Waals surface area contributed by atoms with E-state index in [4.69, 9.17) is 9.47 Å². The molecule has 0 spiro atoms. The molecular weight excluding hydrogens is 356 g/mol. The second-order valence-electron chi connectivity index (χ2n) is 5.83. The third kappa shape index (κ3) is 4.97. The molecule has 0 atom stereocenters. The molecule has 0 saturated carbocycles. The molecular formula is C21H22N4O3. The number of hydrazone groups is 1. The van der Waals surface area contributed by atoms with Gasteiger partial charge in [-0.15, -0.1) is 0 Å². The van der Waals surface area contributed by atoms with Crippen molar-refractivity contribution in [1.82, 2.24) is 15.6 Å². The summed E-state index contributed by atoms with van der Waals surface area (Å²) in [5, 5.41) is 10.9. The Hall–Kier alpha value is -3.61. The van der Waals surface area contributed by atoms with E-state index in [0.717, 1.165) is 22.6 Å². The number of ether oxygens (including phenoxy) is 2. The van der Waals surface area contributed by atoms with E-state index in [0.29, 0.717) is 24.6 Å². The predicted octanol–water partition coefficient (Wildman–Crippen LogP) is 3.64. The maximum atomic E-state index is 12.2. The maximum Gasteiger partial charge on any atom is 0.289 e. The van der Waals surface area contributed by atoms with E-state index in [1.54, 1.807) is 12.3 Å². The van der Waals surface area contributed by atoms with E-state index in [1.165, 1.54) is 0 Å². The van der Waals surface area contributed by atoms with Crippen molar-refractivity contribution in [1.29, 1.82) is 0 Å². The van der Waals surface area contributed by atoms with Crippen LogP contribution in [0.5, 0.6) is 11.5 Å². The van der Waals surface area contributed by atoms with Gasteiger partial charge in [0.2, 0.25) is 0 Å². The number of carbonyl (C=O) groups excluding carboxylic acids is 1. The second kappa shape index (κ2) is 9.36. The van der Waals surface area contributed by atoms with Crippen molar-refractivity contribution in [2.24, 2.45) is 5.10 Å². The summed E-state index contributed by atoms with van der Waals surface area (Å²) in [6, 6.07) is 16.6. The van der Waals surface area contributed by atoms with Crippen molar-refractivity contribution in [2.75, 3.05) is 13.2 Å². The standard InChI is InChI=1S/C21H22N4O3/c1-3-27-17-10-8-15(9-11-17)14-22-25-21(26)20-13-19(23-24-20)16-6-5-7-18(12-16)28-4-2/h5-14H,3-4H2,1-2H3,(H,23,24)(H,25,26)/b22-14+. The average molecular weight is 378 g/mol. The highest BCUT2D eigenvalue weighted by Gasteiger charge is 2.11. The van der Waals surface area contributed by atoms with Gasteiger partial charge in [0.25, 0.3) is 5.91 Å². The Morgan fingerprint density at radius 1 is 1.07 bits per heavy atom. The van der Waals surface area contributed by atoms with Crippen molar-refractivity contribution >= 4 is 12.1 Å². The predicted molar refractivity (Wildman–Crippen MR) is 108 cm³/mol. The molecule has 2 aromatic carbocycles. The van der Waals surface area contributed by atoms with Gasteiger partial charge in [0.15, 0.2) is 0 Å². The summed E-state index contributed by atoms with van der Waals surface area (Å²) in [7, 11) is 0. The number of nitrogens with one attached hydrogen (secondary N) is 2. The van der Waals surface area contributed by atoms with Gasteiger partial charge in [-0.2, -0.15) is 10.2 Å². The Labute approximate surface area is 163 Å². The number of H-pyrrole nitrogens is 1. The van der Waals surface area contributed by atoms with E-state index in [1.807, 2.05) is 62.4 Å². The van der Waals surface area contributed by atoms with Gasteiger partial charge in [0, 0.05) is 5.56 Å². The first-order chi connectivity index (χ1) is 13.7. The summed E-state index contributed by atoms with van der Waals surface area (Å²) >= 11 is 0. The Kier molecular flexibility index (Phi) is 6.41. The zero-order valence-electron chi connectivity index (χ0n) is 15.8. The van der Waals surface area contributed by atoms with Crippen LogP contribution in [0.2, 0.25) is 0 Å². The van der Waals surface area contributed by atoms with Crippen LogP contribution in [-0.2, 0) is 0 Å². The number of carbonyl (C=O) groups is 1. The van der Waals surface area contributed by atoms with Gasteiger partial charge in [-0.05, 0) is 61.9 Å². The molecule has 0 radical (unpaired) electrons. The van der Waals surface area contributed by atoms with E-state index in [9.17, 15) is 4.79 Å². The Bertz CT molecular complexity index is 948. The number of amides is 1. The molecule has 7 nitrogen and oxygen atoms in total. The molecule has 1 aromatic heterocycles. The minimum atomic E-state index is -0.373. The van der Waals surface area contributed by atoms with E-state index < -0.39 is 0 Å². The van der Waals surface area contributed by atoms with Crippen molar-refractivity contribution in [3.8, 4) is 22.8 Å². The van der Waals surface area contributed by atoms with Crippen molar-refractivity contribution in [2.45, 2.75) is 13.8 Å². The fourth-order valence-corrected chi connectivity index (χ4v) is 2.54. The molecule has 7 heteroatoms. The number of rotatable bonds is 8. The summed E-state index contributed by atoms with van der Waals surface area (Å²) in [5.74, 6) is 1.18. The zero-order valence-corrected chi connectivity index (χ0v) is 15.8. The summed E-state index contributed by atoms with van der Waals surface area (Å²) < 4.78 is 10.9. The van der Waals surface area contributed by atoms with Gasteiger partial charge in [-0.1, -0.05) is 12.1 Å². The molecule has 0 saturated heterocycles. The number of hydrogen-bond donors (Lipinski definition) is 2. The first-order valence-corrected chi connectivity index (χ1v) is 9.04. The van der Waals surface area contributed by atoms with E-state index >= 15 is 0 Å². The highest BCUT2D eigenvalue weighted by atomic mass is 16.5. The zero-order chi connectivity index (χ0) is 19.8. The average Bonchev–Trinajstić information content (AvgIpc) is 3.20. The van der Waals surface area contributed by atoms with Gasteiger partial charge >= 0.3 is 0 Å². The van der Waals surface area contributed by atoms with Gasteiger partial charge < -0.3 is 9.47 Å². The largest absolute Gasteiger partial charge is 0.494 e. The van der Waals surface area contributed by atoms with Crippen molar-refractivity contribution in [3.05, 3.63) is 65.9 Å². The molecule has 1 amide bonds. The SMILES string of the molecule is CCOc1ccc(/C=N/NC(=O)c2cc(-c3cccc(OCC)c3)n[nH]2)cc1. The molecule has 0 aliphatic heterocycles. The smallest absolute Gasteiger partial charge is 0.289 e. The lowest BCUT2D eigenvalue weighted by molar-refractivity contribution is 0.0950. The van der Waals surface area contributed by atoms with Crippen molar-refractivity contribution in [3.63, 3.8) is 0 Å². The third-order valence-electron chi connectivity index (χ3n) is 3.83. The van der Waals surface area contributed by atoms with Crippen LogP contribution in [0.25, 0.3) is 11.3 Å². The molecule has 3 rings (SSSR count). The summed E-state index contributed by atoms with van der Waals surface area (Å²) in [6.07, 6.45) is 1.57.